The molecule has 0 saturated heterocycles. The second-order valence-electron chi connectivity index (χ2n) is 3.63. The topological polar surface area (TPSA) is 95.1 Å². The predicted molar refractivity (Wildman–Crippen MR) is 67.3 cm³/mol. The number of aromatic nitrogens is 2. The highest BCUT2D eigenvalue weighted by Crippen LogP contribution is 2.28. The fourth-order valence-electron chi connectivity index (χ4n) is 1.40. The molecule has 0 saturated carbocycles. The average Bonchev–Trinajstić information content (AvgIpc) is 2.69. The Morgan fingerprint density at radius 2 is 2.17 bits per heavy atom. The highest BCUT2D eigenvalue weighted by atomic mass is 35.5. The molecule has 1 aromatic heterocycles. The number of aromatic amines is 1. The lowest BCUT2D eigenvalue weighted by Crippen LogP contribution is -2.13. The van der Waals surface area contributed by atoms with Crippen molar-refractivity contribution in [3.05, 3.63) is 35.1 Å². The number of halogens is 1. The van der Waals surface area contributed by atoms with Gasteiger partial charge in [-0.3, -0.25) is 9.82 Å². The largest absolute Gasteiger partial charge is 0.506 e. The molecule has 0 radical (unpaired) electrons. The number of hydrogen-bond acceptors (Lipinski definition) is 4. The van der Waals surface area contributed by atoms with Crippen molar-refractivity contribution in [2.75, 3.05) is 4.72 Å². The summed E-state index contributed by atoms with van der Waals surface area (Å²) in [6, 6.07) is 4.10. The summed E-state index contributed by atoms with van der Waals surface area (Å²) in [5, 5.41) is 16.1. The van der Waals surface area contributed by atoms with Crippen molar-refractivity contribution in [1.82, 2.24) is 10.2 Å². The second-order valence-corrected chi connectivity index (χ2v) is 5.71. The number of hydrogen-bond donors (Lipinski definition) is 3. The smallest absolute Gasteiger partial charge is 0.265 e. The minimum absolute atomic E-state index is 0.0249. The molecule has 3 N–H and O–H groups in total. The van der Waals surface area contributed by atoms with Gasteiger partial charge in [0.05, 0.1) is 17.6 Å². The van der Waals surface area contributed by atoms with E-state index in [-0.39, 0.29) is 16.3 Å². The molecule has 0 spiro atoms. The zero-order valence-electron chi connectivity index (χ0n) is 9.31. The lowest BCUT2D eigenvalue weighted by atomic mass is 10.3. The molecule has 0 aliphatic rings. The van der Waals surface area contributed by atoms with Crippen LogP contribution in [-0.4, -0.2) is 23.7 Å². The molecule has 1 heterocycles. The molecule has 0 unspecified atom stereocenters. The minimum atomic E-state index is -3.78. The SMILES string of the molecule is Cc1[nH]ncc1S(=O)(=O)Nc1ccc(Cl)cc1O. The first kappa shape index (κ1) is 12.7. The number of nitrogens with one attached hydrogen (secondary N) is 2. The molecular formula is C10H10ClN3O3S. The van der Waals surface area contributed by atoms with E-state index in [9.17, 15) is 13.5 Å². The molecule has 8 heteroatoms. The van der Waals surface area contributed by atoms with E-state index in [1.54, 1.807) is 6.92 Å². The van der Waals surface area contributed by atoms with Gasteiger partial charge in [-0.15, -0.1) is 0 Å². The van der Waals surface area contributed by atoms with Crippen molar-refractivity contribution in [3.8, 4) is 5.75 Å². The zero-order valence-corrected chi connectivity index (χ0v) is 10.9. The van der Waals surface area contributed by atoms with Crippen LogP contribution in [0.15, 0.2) is 29.3 Å². The number of nitrogens with zero attached hydrogens (tertiary/aromatic N) is 1. The molecule has 0 bridgehead atoms. The highest BCUT2D eigenvalue weighted by molar-refractivity contribution is 7.92. The molecule has 0 atom stereocenters. The molecule has 0 amide bonds. The van der Waals surface area contributed by atoms with Crippen molar-refractivity contribution in [2.24, 2.45) is 0 Å². The Kier molecular flexibility index (Phi) is 3.18. The molecule has 18 heavy (non-hydrogen) atoms. The molecular weight excluding hydrogens is 278 g/mol. The summed E-state index contributed by atoms with van der Waals surface area (Å²) in [5.41, 5.74) is 0.468. The molecule has 0 fully saturated rings. The third-order valence-electron chi connectivity index (χ3n) is 2.28. The van der Waals surface area contributed by atoms with Gasteiger partial charge in [-0.1, -0.05) is 11.6 Å². The number of aryl methyl sites for hydroxylation is 1. The Labute approximate surface area is 109 Å². The van der Waals surface area contributed by atoms with Gasteiger partial charge in [0.1, 0.15) is 10.6 Å². The van der Waals surface area contributed by atoms with Crippen LogP contribution in [0.4, 0.5) is 5.69 Å². The number of phenols is 1. The summed E-state index contributed by atoms with van der Waals surface area (Å²) in [5.74, 6) is -0.243. The summed E-state index contributed by atoms with van der Waals surface area (Å²) in [7, 11) is -3.78. The van der Waals surface area contributed by atoms with E-state index in [1.165, 1.54) is 24.4 Å². The lowest BCUT2D eigenvalue weighted by molar-refractivity contribution is 0.477. The summed E-state index contributed by atoms with van der Waals surface area (Å²) in [6.45, 7) is 1.59. The Morgan fingerprint density at radius 1 is 1.44 bits per heavy atom. The van der Waals surface area contributed by atoms with Gasteiger partial charge in [0.25, 0.3) is 10.0 Å². The monoisotopic (exact) mass is 287 g/mol. The normalized spacial score (nSPS) is 11.4. The van der Waals surface area contributed by atoms with E-state index in [4.69, 9.17) is 11.6 Å². The fourth-order valence-corrected chi connectivity index (χ4v) is 2.78. The highest BCUT2D eigenvalue weighted by Gasteiger charge is 2.19. The van der Waals surface area contributed by atoms with Gasteiger partial charge >= 0.3 is 0 Å². The number of H-pyrrole nitrogens is 1. The molecule has 96 valence electrons. The first-order valence-electron chi connectivity index (χ1n) is 4.91. The number of anilines is 1. The Bertz CT molecular complexity index is 681. The van der Waals surface area contributed by atoms with E-state index in [0.29, 0.717) is 10.7 Å². The Balaban J connectivity index is 2.37. The molecule has 6 nitrogen and oxygen atoms in total. The van der Waals surface area contributed by atoms with Gasteiger partial charge in [-0.25, -0.2) is 8.42 Å². The third kappa shape index (κ3) is 2.41. The van der Waals surface area contributed by atoms with Crippen LogP contribution in [0.5, 0.6) is 5.75 Å². The van der Waals surface area contributed by atoms with E-state index in [2.05, 4.69) is 14.9 Å². The van der Waals surface area contributed by atoms with Gasteiger partial charge in [0, 0.05) is 11.1 Å². The maximum Gasteiger partial charge on any atom is 0.265 e. The van der Waals surface area contributed by atoms with Crippen LogP contribution in [0.25, 0.3) is 0 Å². The van der Waals surface area contributed by atoms with E-state index in [1.807, 2.05) is 0 Å². The number of phenolic OH excluding ortho intramolecular Hbond substituents is 1. The quantitative estimate of drug-likeness (QED) is 0.751. The maximum absolute atomic E-state index is 12.0. The van der Waals surface area contributed by atoms with Gasteiger partial charge in [-0.2, -0.15) is 5.10 Å². The summed E-state index contributed by atoms with van der Waals surface area (Å²) in [6.07, 6.45) is 1.20. The van der Waals surface area contributed by atoms with Gasteiger partial charge in [-0.05, 0) is 19.1 Å². The predicted octanol–water partition coefficient (Wildman–Crippen LogP) is 1.88. The summed E-state index contributed by atoms with van der Waals surface area (Å²) >= 11 is 5.66. The van der Waals surface area contributed by atoms with Crippen LogP contribution in [0.3, 0.4) is 0 Å². The zero-order chi connectivity index (χ0) is 13.3. The van der Waals surface area contributed by atoms with Crippen LogP contribution < -0.4 is 4.72 Å². The van der Waals surface area contributed by atoms with Crippen molar-refractivity contribution < 1.29 is 13.5 Å². The fraction of sp³-hybridized carbons (Fsp3) is 0.100. The van der Waals surface area contributed by atoms with E-state index >= 15 is 0 Å². The van der Waals surface area contributed by atoms with Crippen LogP contribution in [0.1, 0.15) is 5.69 Å². The summed E-state index contributed by atoms with van der Waals surface area (Å²) in [4.78, 5) is 0.0249. The minimum Gasteiger partial charge on any atom is -0.506 e. The molecule has 0 aliphatic carbocycles. The molecule has 0 aliphatic heterocycles. The van der Waals surface area contributed by atoms with Gasteiger partial charge in [0.2, 0.25) is 0 Å². The Morgan fingerprint density at radius 3 is 2.72 bits per heavy atom. The first-order valence-corrected chi connectivity index (χ1v) is 6.77. The summed E-state index contributed by atoms with van der Waals surface area (Å²) < 4.78 is 26.3. The average molecular weight is 288 g/mol. The van der Waals surface area contributed by atoms with Gasteiger partial charge in [0.15, 0.2) is 0 Å². The van der Waals surface area contributed by atoms with Crippen LogP contribution in [0.2, 0.25) is 5.02 Å². The van der Waals surface area contributed by atoms with Crippen LogP contribution in [-0.2, 0) is 10.0 Å². The lowest BCUT2D eigenvalue weighted by Gasteiger charge is -2.08. The van der Waals surface area contributed by atoms with E-state index < -0.39 is 10.0 Å². The third-order valence-corrected chi connectivity index (χ3v) is 3.99. The number of sulfonamides is 1. The molecule has 1 aromatic carbocycles. The van der Waals surface area contributed by atoms with E-state index in [0.717, 1.165) is 0 Å². The molecule has 2 aromatic rings. The number of benzene rings is 1. The standard InChI is InChI=1S/C10H10ClN3O3S/c1-6-10(5-12-13-6)18(16,17)14-8-3-2-7(11)4-9(8)15/h2-5,14-15H,1H3,(H,12,13). The number of aromatic hydroxyl groups is 1. The second kappa shape index (κ2) is 4.51. The van der Waals surface area contributed by atoms with Crippen LogP contribution >= 0.6 is 11.6 Å². The first-order chi connectivity index (χ1) is 8.40. The Hall–Kier alpha value is -1.73. The van der Waals surface area contributed by atoms with Crippen molar-refractivity contribution in [1.29, 1.82) is 0 Å². The maximum atomic E-state index is 12.0. The van der Waals surface area contributed by atoms with Gasteiger partial charge < -0.3 is 5.11 Å². The van der Waals surface area contributed by atoms with Crippen molar-refractivity contribution >= 4 is 27.3 Å². The van der Waals surface area contributed by atoms with Crippen molar-refractivity contribution in [3.63, 3.8) is 0 Å². The number of rotatable bonds is 3. The van der Waals surface area contributed by atoms with Crippen LogP contribution in [0, 0.1) is 6.92 Å². The molecule has 2 rings (SSSR count). The van der Waals surface area contributed by atoms with Crippen molar-refractivity contribution in [2.45, 2.75) is 11.8 Å².